The minimum atomic E-state index is -0.379. The second-order valence-corrected chi connectivity index (χ2v) is 5.07. The van der Waals surface area contributed by atoms with Crippen molar-refractivity contribution >= 4 is 22.3 Å². The molecule has 0 aromatic heterocycles. The summed E-state index contributed by atoms with van der Waals surface area (Å²) in [6.45, 7) is 0. The van der Waals surface area contributed by atoms with Crippen LogP contribution in [0.2, 0.25) is 0 Å². The number of rotatable bonds is 4. The Labute approximate surface area is 127 Å². The molecule has 0 bridgehead atoms. The van der Waals surface area contributed by atoms with Crippen LogP contribution in [-0.4, -0.2) is 16.7 Å². The van der Waals surface area contributed by atoms with E-state index in [0.717, 1.165) is 10.8 Å². The summed E-state index contributed by atoms with van der Waals surface area (Å²) in [5.74, 6) is -0.723. The topological polar surface area (TPSA) is 54.4 Å². The normalized spacial score (nSPS) is 10.5. The molecule has 0 atom stereocenters. The molecule has 0 radical (unpaired) electrons. The van der Waals surface area contributed by atoms with Crippen LogP contribution in [0.3, 0.4) is 0 Å². The van der Waals surface area contributed by atoms with E-state index >= 15 is 0 Å². The minimum absolute atomic E-state index is 0.0989. The molecule has 0 amide bonds. The summed E-state index contributed by atoms with van der Waals surface area (Å²) in [7, 11) is 0. The molecule has 3 nitrogen and oxygen atoms in total. The maximum absolute atomic E-state index is 12.5. The smallest absolute Gasteiger partial charge is 0.174 e. The van der Waals surface area contributed by atoms with Gasteiger partial charge < -0.3 is 5.11 Å². The Hall–Kier alpha value is -2.94. The fraction of sp³-hybridized carbons (Fsp3) is 0.0526. The summed E-state index contributed by atoms with van der Waals surface area (Å²) < 4.78 is 0. The lowest BCUT2D eigenvalue weighted by Gasteiger charge is -2.06. The average molecular weight is 290 g/mol. The molecule has 0 spiro atoms. The first-order valence-electron chi connectivity index (χ1n) is 6.99. The summed E-state index contributed by atoms with van der Waals surface area (Å²) in [5, 5.41) is 11.5. The standard InChI is InChI=1S/C19H14O3/c20-17-11-4-3-9-16(17)19(22)12-18(21)15-10-5-7-13-6-1-2-8-14(13)15/h1-11,20H,12H2. The number of ketones is 2. The van der Waals surface area contributed by atoms with Crippen molar-refractivity contribution in [3.05, 3.63) is 77.9 Å². The second-order valence-electron chi connectivity index (χ2n) is 5.07. The lowest BCUT2D eigenvalue weighted by molar-refractivity contribution is 0.0894. The third kappa shape index (κ3) is 2.61. The van der Waals surface area contributed by atoms with E-state index in [1.54, 1.807) is 24.3 Å². The Morgan fingerprint density at radius 3 is 2.14 bits per heavy atom. The van der Waals surface area contributed by atoms with E-state index in [-0.39, 0.29) is 29.3 Å². The van der Waals surface area contributed by atoms with Crippen molar-refractivity contribution < 1.29 is 14.7 Å². The van der Waals surface area contributed by atoms with Crippen molar-refractivity contribution in [1.29, 1.82) is 0 Å². The van der Waals surface area contributed by atoms with Gasteiger partial charge >= 0.3 is 0 Å². The van der Waals surface area contributed by atoms with Gasteiger partial charge in [0.25, 0.3) is 0 Å². The number of aromatic hydroxyl groups is 1. The van der Waals surface area contributed by atoms with Crippen LogP contribution in [0.5, 0.6) is 5.75 Å². The number of phenols is 1. The van der Waals surface area contributed by atoms with Crippen LogP contribution in [-0.2, 0) is 0 Å². The fourth-order valence-electron chi connectivity index (χ4n) is 2.51. The Balaban J connectivity index is 1.91. The van der Waals surface area contributed by atoms with Crippen LogP contribution >= 0.6 is 0 Å². The highest BCUT2D eigenvalue weighted by atomic mass is 16.3. The van der Waals surface area contributed by atoms with E-state index in [1.807, 2.05) is 30.3 Å². The number of phenolic OH excluding ortho intramolecular Hbond substituents is 1. The summed E-state index contributed by atoms with van der Waals surface area (Å²) in [4.78, 5) is 24.7. The van der Waals surface area contributed by atoms with E-state index in [2.05, 4.69) is 0 Å². The van der Waals surface area contributed by atoms with Gasteiger partial charge in [0.15, 0.2) is 11.6 Å². The molecule has 0 saturated carbocycles. The zero-order chi connectivity index (χ0) is 15.5. The summed E-state index contributed by atoms with van der Waals surface area (Å²) >= 11 is 0. The number of hydrogen-bond donors (Lipinski definition) is 1. The SMILES string of the molecule is O=C(CC(=O)c1cccc2ccccc12)c1ccccc1O. The molecule has 0 saturated heterocycles. The first-order chi connectivity index (χ1) is 10.7. The van der Waals surface area contributed by atoms with E-state index in [9.17, 15) is 14.7 Å². The molecular weight excluding hydrogens is 276 g/mol. The summed E-state index contributed by atoms with van der Waals surface area (Å²) in [6.07, 6.45) is -0.258. The van der Waals surface area contributed by atoms with Gasteiger partial charge in [-0.2, -0.15) is 0 Å². The van der Waals surface area contributed by atoms with Crippen LogP contribution < -0.4 is 0 Å². The first-order valence-corrected chi connectivity index (χ1v) is 6.99. The zero-order valence-electron chi connectivity index (χ0n) is 11.8. The van der Waals surface area contributed by atoms with E-state index in [0.29, 0.717) is 5.56 Å². The molecule has 3 heteroatoms. The number of Topliss-reactive ketones (excluding diaryl/α,β-unsaturated/α-hetero) is 2. The van der Waals surface area contributed by atoms with Gasteiger partial charge in [0, 0.05) is 5.56 Å². The highest BCUT2D eigenvalue weighted by Gasteiger charge is 2.17. The molecule has 1 N–H and O–H groups in total. The molecule has 3 aromatic rings. The van der Waals surface area contributed by atoms with Crippen LogP contribution in [0.1, 0.15) is 27.1 Å². The molecule has 3 aromatic carbocycles. The number of para-hydroxylation sites is 1. The van der Waals surface area contributed by atoms with Gasteiger partial charge in [0.05, 0.1) is 12.0 Å². The van der Waals surface area contributed by atoms with Crippen molar-refractivity contribution in [3.8, 4) is 5.75 Å². The van der Waals surface area contributed by atoms with Crippen LogP contribution in [0.15, 0.2) is 66.7 Å². The van der Waals surface area contributed by atoms with Crippen molar-refractivity contribution in [2.45, 2.75) is 6.42 Å². The maximum Gasteiger partial charge on any atom is 0.174 e. The molecule has 0 heterocycles. The zero-order valence-corrected chi connectivity index (χ0v) is 11.8. The van der Waals surface area contributed by atoms with Gasteiger partial charge in [0.1, 0.15) is 5.75 Å². The van der Waals surface area contributed by atoms with Crippen LogP contribution in [0.25, 0.3) is 10.8 Å². The number of carbonyl (C=O) groups is 2. The molecule has 0 aliphatic carbocycles. The number of carbonyl (C=O) groups excluding carboxylic acids is 2. The monoisotopic (exact) mass is 290 g/mol. The highest BCUT2D eigenvalue weighted by molar-refractivity contribution is 6.18. The number of fused-ring (bicyclic) bond motifs is 1. The van der Waals surface area contributed by atoms with Crippen molar-refractivity contribution in [2.75, 3.05) is 0 Å². The van der Waals surface area contributed by atoms with E-state index in [4.69, 9.17) is 0 Å². The Bertz CT molecular complexity index is 860. The molecule has 108 valence electrons. The number of benzene rings is 3. The van der Waals surface area contributed by atoms with Gasteiger partial charge in [-0.15, -0.1) is 0 Å². The van der Waals surface area contributed by atoms with Gasteiger partial charge in [-0.3, -0.25) is 9.59 Å². The third-order valence-electron chi connectivity index (χ3n) is 3.62. The molecular formula is C19H14O3. The Kier molecular flexibility index (Phi) is 3.71. The Morgan fingerprint density at radius 2 is 1.32 bits per heavy atom. The van der Waals surface area contributed by atoms with E-state index < -0.39 is 0 Å². The second kappa shape index (κ2) is 5.82. The van der Waals surface area contributed by atoms with Crippen molar-refractivity contribution in [3.63, 3.8) is 0 Å². The first kappa shape index (κ1) is 14.0. The maximum atomic E-state index is 12.5. The molecule has 3 rings (SSSR count). The van der Waals surface area contributed by atoms with E-state index in [1.165, 1.54) is 12.1 Å². The van der Waals surface area contributed by atoms with Crippen molar-refractivity contribution in [2.24, 2.45) is 0 Å². The van der Waals surface area contributed by atoms with Crippen molar-refractivity contribution in [1.82, 2.24) is 0 Å². The minimum Gasteiger partial charge on any atom is -0.507 e. The van der Waals surface area contributed by atoms with Gasteiger partial charge in [0.2, 0.25) is 0 Å². The lowest BCUT2D eigenvalue weighted by Crippen LogP contribution is -2.09. The summed E-state index contributed by atoms with van der Waals surface area (Å²) in [5.41, 5.74) is 0.706. The van der Waals surface area contributed by atoms with Gasteiger partial charge in [-0.05, 0) is 22.9 Å². The molecule has 0 aliphatic rings. The highest BCUT2D eigenvalue weighted by Crippen LogP contribution is 2.22. The predicted octanol–water partition coefficient (Wildman–Crippen LogP) is 4.00. The van der Waals surface area contributed by atoms with Gasteiger partial charge in [-0.1, -0.05) is 54.6 Å². The quantitative estimate of drug-likeness (QED) is 0.583. The average Bonchev–Trinajstić information content (AvgIpc) is 2.54. The fourth-order valence-corrected chi connectivity index (χ4v) is 2.51. The molecule has 0 aliphatic heterocycles. The molecule has 0 unspecified atom stereocenters. The predicted molar refractivity (Wildman–Crippen MR) is 85.3 cm³/mol. The summed E-state index contributed by atoms with van der Waals surface area (Å²) in [6, 6.07) is 19.3. The van der Waals surface area contributed by atoms with Crippen LogP contribution in [0.4, 0.5) is 0 Å². The Morgan fingerprint density at radius 1 is 0.727 bits per heavy atom. The van der Waals surface area contributed by atoms with Crippen LogP contribution in [0, 0.1) is 0 Å². The molecule has 0 fully saturated rings. The van der Waals surface area contributed by atoms with Gasteiger partial charge in [-0.25, -0.2) is 0 Å². The third-order valence-corrected chi connectivity index (χ3v) is 3.62. The number of hydrogen-bond acceptors (Lipinski definition) is 3. The molecule has 22 heavy (non-hydrogen) atoms. The lowest BCUT2D eigenvalue weighted by atomic mass is 9.97. The largest absolute Gasteiger partial charge is 0.507 e.